The summed E-state index contributed by atoms with van der Waals surface area (Å²) in [6.07, 6.45) is 11.2. The van der Waals surface area contributed by atoms with Gasteiger partial charge in [0.1, 0.15) is 23.0 Å². The van der Waals surface area contributed by atoms with Gasteiger partial charge in [-0.25, -0.2) is 0 Å². The van der Waals surface area contributed by atoms with Crippen molar-refractivity contribution in [1.29, 1.82) is 0 Å². The topological polar surface area (TPSA) is 49.7 Å². The molecule has 0 amide bonds. The van der Waals surface area contributed by atoms with E-state index in [1.807, 2.05) is 12.1 Å². The highest BCUT2D eigenvalue weighted by molar-refractivity contribution is 5.59. The van der Waals surface area contributed by atoms with Gasteiger partial charge >= 0.3 is 0 Å². The molecule has 0 aromatic heterocycles. The van der Waals surface area contributed by atoms with E-state index in [1.54, 1.807) is 0 Å². The molecule has 184 valence electrons. The van der Waals surface area contributed by atoms with Crippen molar-refractivity contribution in [2.24, 2.45) is 0 Å². The van der Waals surface area contributed by atoms with Gasteiger partial charge in [0.2, 0.25) is 0 Å². The lowest BCUT2D eigenvalue weighted by Gasteiger charge is -2.25. The molecule has 0 spiro atoms. The summed E-state index contributed by atoms with van der Waals surface area (Å²) >= 11 is 0. The lowest BCUT2D eigenvalue weighted by Crippen LogP contribution is -2.07. The van der Waals surface area contributed by atoms with Crippen LogP contribution < -0.4 is 4.74 Å². The number of hydrogen-bond acceptors (Lipinski definition) is 3. The Labute approximate surface area is 202 Å². The SMILES string of the molecule is CCCc1cc(O)c(CCC)c(CCC)c1Oc1c(CCC)cc(O)c(CCC)c1CCC. The van der Waals surface area contributed by atoms with Crippen LogP contribution in [0.25, 0.3) is 0 Å². The van der Waals surface area contributed by atoms with Crippen LogP contribution in [0.3, 0.4) is 0 Å². The van der Waals surface area contributed by atoms with Crippen LogP contribution in [0.2, 0.25) is 0 Å². The Morgan fingerprint density at radius 3 is 1.09 bits per heavy atom. The summed E-state index contributed by atoms with van der Waals surface area (Å²) in [5, 5.41) is 21.8. The molecule has 3 nitrogen and oxygen atoms in total. The Kier molecular flexibility index (Phi) is 11.1. The zero-order chi connectivity index (χ0) is 24.4. The summed E-state index contributed by atoms with van der Waals surface area (Å²) in [7, 11) is 0. The molecule has 2 rings (SSSR count). The summed E-state index contributed by atoms with van der Waals surface area (Å²) in [5.74, 6) is 2.72. The fraction of sp³-hybridized carbons (Fsp3) is 0.600. The van der Waals surface area contributed by atoms with Crippen molar-refractivity contribution in [2.75, 3.05) is 0 Å². The van der Waals surface area contributed by atoms with E-state index in [2.05, 4.69) is 41.5 Å². The normalized spacial score (nSPS) is 11.2. The van der Waals surface area contributed by atoms with Gasteiger partial charge in [-0.1, -0.05) is 80.1 Å². The maximum Gasteiger partial charge on any atom is 0.134 e. The van der Waals surface area contributed by atoms with Gasteiger partial charge in [-0.15, -0.1) is 0 Å². The predicted octanol–water partition coefficient (Wildman–Crippen LogP) is 8.61. The molecule has 0 atom stereocenters. The molecular formula is C30H46O3. The first-order chi connectivity index (χ1) is 16.0. The lowest BCUT2D eigenvalue weighted by atomic mass is 9.91. The van der Waals surface area contributed by atoms with Crippen LogP contribution in [-0.2, 0) is 38.5 Å². The van der Waals surface area contributed by atoms with Crippen molar-refractivity contribution in [2.45, 2.75) is 119 Å². The number of hydrogen-bond donors (Lipinski definition) is 2. The number of aromatic hydroxyl groups is 2. The van der Waals surface area contributed by atoms with Crippen molar-refractivity contribution in [3.63, 3.8) is 0 Å². The van der Waals surface area contributed by atoms with E-state index in [0.29, 0.717) is 11.5 Å². The van der Waals surface area contributed by atoms with Crippen LogP contribution in [-0.4, -0.2) is 10.2 Å². The Balaban J connectivity index is 2.83. The van der Waals surface area contributed by atoms with Crippen molar-refractivity contribution >= 4 is 0 Å². The van der Waals surface area contributed by atoms with Crippen molar-refractivity contribution in [3.05, 3.63) is 45.5 Å². The maximum atomic E-state index is 10.9. The summed E-state index contributed by atoms with van der Waals surface area (Å²) in [6, 6.07) is 3.88. The molecule has 2 aromatic carbocycles. The number of phenols is 2. The number of rotatable bonds is 14. The summed E-state index contributed by atoms with van der Waals surface area (Å²) < 4.78 is 6.97. The van der Waals surface area contributed by atoms with Crippen molar-refractivity contribution in [1.82, 2.24) is 0 Å². The Bertz CT molecular complexity index is 825. The molecule has 0 unspecified atom stereocenters. The predicted molar refractivity (Wildman–Crippen MR) is 140 cm³/mol. The van der Waals surface area contributed by atoms with Crippen molar-refractivity contribution < 1.29 is 14.9 Å². The molecule has 0 aliphatic carbocycles. The van der Waals surface area contributed by atoms with Gasteiger partial charge < -0.3 is 14.9 Å². The molecule has 2 N–H and O–H groups in total. The first-order valence-electron chi connectivity index (χ1n) is 13.4. The van der Waals surface area contributed by atoms with Crippen molar-refractivity contribution in [3.8, 4) is 23.0 Å². The summed E-state index contributed by atoms with van der Waals surface area (Å²) in [5.41, 5.74) is 6.59. The van der Waals surface area contributed by atoms with Crippen LogP contribution in [0.5, 0.6) is 23.0 Å². The molecule has 0 aliphatic rings. The minimum absolute atomic E-state index is 0.413. The number of phenolic OH excluding ortho intramolecular Hbond substituents is 2. The van der Waals surface area contributed by atoms with E-state index in [0.717, 1.165) is 122 Å². The van der Waals surface area contributed by atoms with Gasteiger partial charge in [-0.05, 0) is 61.8 Å². The lowest BCUT2D eigenvalue weighted by molar-refractivity contribution is 0.432. The average molecular weight is 455 g/mol. The molecular weight excluding hydrogens is 408 g/mol. The Morgan fingerprint density at radius 1 is 0.485 bits per heavy atom. The minimum atomic E-state index is 0.413. The zero-order valence-corrected chi connectivity index (χ0v) is 21.9. The summed E-state index contributed by atoms with van der Waals surface area (Å²) in [6.45, 7) is 13.0. The molecule has 0 heterocycles. The smallest absolute Gasteiger partial charge is 0.134 e. The molecule has 2 aromatic rings. The molecule has 0 fully saturated rings. The van der Waals surface area contributed by atoms with E-state index in [-0.39, 0.29) is 0 Å². The Morgan fingerprint density at radius 2 is 0.788 bits per heavy atom. The van der Waals surface area contributed by atoms with Gasteiger partial charge in [-0.2, -0.15) is 0 Å². The zero-order valence-electron chi connectivity index (χ0n) is 21.9. The molecule has 33 heavy (non-hydrogen) atoms. The minimum Gasteiger partial charge on any atom is -0.508 e. The molecule has 3 heteroatoms. The second-order valence-corrected chi connectivity index (χ2v) is 9.28. The van der Waals surface area contributed by atoms with Crippen LogP contribution >= 0.6 is 0 Å². The number of ether oxygens (including phenoxy) is 1. The van der Waals surface area contributed by atoms with Crippen LogP contribution in [0.1, 0.15) is 113 Å². The fourth-order valence-corrected chi connectivity index (χ4v) is 4.96. The van der Waals surface area contributed by atoms with Gasteiger partial charge in [0.05, 0.1) is 0 Å². The van der Waals surface area contributed by atoms with Gasteiger partial charge in [0, 0.05) is 22.3 Å². The standard InChI is InChI=1S/C30H46O3/c1-7-13-21-19-27(31)23(15-9-3)25(17-11-5)29(21)33-30-22(14-8-2)20-28(32)24(16-10-4)26(30)18-12-6/h19-20,31-32H,7-18H2,1-6H3. The molecule has 0 radical (unpaired) electrons. The second-order valence-electron chi connectivity index (χ2n) is 9.28. The van der Waals surface area contributed by atoms with E-state index in [9.17, 15) is 10.2 Å². The van der Waals surface area contributed by atoms with Crippen LogP contribution in [0.4, 0.5) is 0 Å². The van der Waals surface area contributed by atoms with Crippen LogP contribution in [0, 0.1) is 0 Å². The summed E-state index contributed by atoms with van der Waals surface area (Å²) in [4.78, 5) is 0. The fourth-order valence-electron chi connectivity index (χ4n) is 4.96. The van der Waals surface area contributed by atoms with Gasteiger partial charge in [0.25, 0.3) is 0 Å². The first kappa shape index (κ1) is 27.1. The number of benzene rings is 2. The van der Waals surface area contributed by atoms with E-state index in [4.69, 9.17) is 4.74 Å². The first-order valence-corrected chi connectivity index (χ1v) is 13.4. The third-order valence-electron chi connectivity index (χ3n) is 6.34. The highest BCUT2D eigenvalue weighted by Crippen LogP contribution is 2.44. The van der Waals surface area contributed by atoms with Crippen LogP contribution in [0.15, 0.2) is 12.1 Å². The largest absolute Gasteiger partial charge is 0.508 e. The third-order valence-corrected chi connectivity index (χ3v) is 6.34. The third kappa shape index (κ3) is 6.46. The monoisotopic (exact) mass is 454 g/mol. The molecule has 0 saturated carbocycles. The highest BCUT2D eigenvalue weighted by Gasteiger charge is 2.23. The molecule has 0 saturated heterocycles. The second kappa shape index (κ2) is 13.5. The Hall–Kier alpha value is -2.16. The van der Waals surface area contributed by atoms with E-state index < -0.39 is 0 Å². The molecule has 0 bridgehead atoms. The van der Waals surface area contributed by atoms with E-state index >= 15 is 0 Å². The average Bonchev–Trinajstić information content (AvgIpc) is 2.78. The van der Waals surface area contributed by atoms with Gasteiger partial charge in [-0.3, -0.25) is 0 Å². The van der Waals surface area contributed by atoms with E-state index in [1.165, 1.54) is 0 Å². The molecule has 0 aliphatic heterocycles. The quantitative estimate of drug-likeness (QED) is 0.300. The maximum absolute atomic E-state index is 10.9. The van der Waals surface area contributed by atoms with Gasteiger partial charge in [0.15, 0.2) is 0 Å². The highest BCUT2D eigenvalue weighted by atomic mass is 16.5. The number of aryl methyl sites for hydroxylation is 2.